The van der Waals surface area contributed by atoms with Gasteiger partial charge in [0.1, 0.15) is 25.3 Å². The number of fused-ring (bicyclic) bond motifs is 1. The average Bonchev–Trinajstić information content (AvgIpc) is 3.22. The molecule has 152 valence electrons. The van der Waals surface area contributed by atoms with E-state index >= 15 is 0 Å². The van der Waals surface area contributed by atoms with Crippen molar-refractivity contribution >= 4 is 17.5 Å². The van der Waals surface area contributed by atoms with E-state index in [1.807, 2.05) is 0 Å². The first-order valence-corrected chi connectivity index (χ1v) is 9.65. The number of aromatic nitrogens is 2. The highest BCUT2D eigenvalue weighted by atomic mass is 16.6. The van der Waals surface area contributed by atoms with Crippen LogP contribution in [0, 0.1) is 0 Å². The molecule has 0 saturated heterocycles. The van der Waals surface area contributed by atoms with Crippen LogP contribution in [-0.4, -0.2) is 40.6 Å². The van der Waals surface area contributed by atoms with Gasteiger partial charge in [0, 0.05) is 24.0 Å². The molecule has 2 aromatic rings. The van der Waals surface area contributed by atoms with Crippen molar-refractivity contribution in [3.63, 3.8) is 0 Å². The van der Waals surface area contributed by atoms with Gasteiger partial charge >= 0.3 is 0 Å². The number of nitrogens with one attached hydrogen (secondary N) is 2. The third kappa shape index (κ3) is 4.39. The van der Waals surface area contributed by atoms with Crippen molar-refractivity contribution < 1.29 is 19.1 Å². The van der Waals surface area contributed by atoms with Crippen molar-refractivity contribution in [2.45, 2.75) is 38.3 Å². The summed E-state index contributed by atoms with van der Waals surface area (Å²) in [7, 11) is 0. The van der Waals surface area contributed by atoms with Crippen LogP contribution in [-0.2, 0) is 11.3 Å². The summed E-state index contributed by atoms with van der Waals surface area (Å²) in [6.45, 7) is 0.672. The minimum atomic E-state index is -0.548. The third-order valence-electron chi connectivity index (χ3n) is 4.98. The van der Waals surface area contributed by atoms with E-state index in [1.54, 1.807) is 18.2 Å². The minimum Gasteiger partial charge on any atom is -0.486 e. The van der Waals surface area contributed by atoms with Gasteiger partial charge in [-0.25, -0.2) is 4.98 Å². The van der Waals surface area contributed by atoms with Crippen LogP contribution in [0.4, 0.5) is 5.69 Å². The highest BCUT2D eigenvalue weighted by Gasteiger charge is 2.21. The highest BCUT2D eigenvalue weighted by molar-refractivity contribution is 5.94. The molecule has 0 unspecified atom stereocenters. The maximum Gasteiger partial charge on any atom is 0.266 e. The summed E-state index contributed by atoms with van der Waals surface area (Å²) < 4.78 is 12.1. The summed E-state index contributed by atoms with van der Waals surface area (Å²) >= 11 is 0. The van der Waals surface area contributed by atoms with Crippen molar-refractivity contribution in [3.05, 3.63) is 46.6 Å². The molecular formula is C20H22N4O5. The van der Waals surface area contributed by atoms with Gasteiger partial charge in [-0.3, -0.25) is 19.0 Å². The molecule has 1 aromatic carbocycles. The SMILES string of the molecule is O=C(Cn1cncc(C(=O)NC2CCCC2)c1=O)Nc1ccc2c(c1)OCCO2. The van der Waals surface area contributed by atoms with Crippen LogP contribution < -0.4 is 25.7 Å². The van der Waals surface area contributed by atoms with E-state index in [0.29, 0.717) is 30.4 Å². The summed E-state index contributed by atoms with van der Waals surface area (Å²) in [5, 5.41) is 5.58. The first kappa shape index (κ1) is 19.0. The van der Waals surface area contributed by atoms with Crippen LogP contribution in [0.3, 0.4) is 0 Å². The second-order valence-corrected chi connectivity index (χ2v) is 7.10. The largest absolute Gasteiger partial charge is 0.486 e. The van der Waals surface area contributed by atoms with Gasteiger partial charge in [-0.15, -0.1) is 0 Å². The monoisotopic (exact) mass is 398 g/mol. The fraction of sp³-hybridized carbons (Fsp3) is 0.400. The van der Waals surface area contributed by atoms with Crippen LogP contribution in [0.2, 0.25) is 0 Å². The maximum atomic E-state index is 12.6. The summed E-state index contributed by atoms with van der Waals surface area (Å²) in [5.41, 5.74) is -0.0882. The smallest absolute Gasteiger partial charge is 0.266 e. The number of ether oxygens (including phenoxy) is 2. The first-order valence-electron chi connectivity index (χ1n) is 9.65. The lowest BCUT2D eigenvalue weighted by Crippen LogP contribution is -2.38. The Hall–Kier alpha value is -3.36. The zero-order chi connectivity index (χ0) is 20.2. The van der Waals surface area contributed by atoms with Gasteiger partial charge in [0.25, 0.3) is 11.5 Å². The normalized spacial score (nSPS) is 15.7. The molecule has 4 rings (SSSR count). The molecule has 1 fully saturated rings. The average molecular weight is 398 g/mol. The molecule has 9 heteroatoms. The Morgan fingerprint density at radius 1 is 1.14 bits per heavy atom. The molecule has 2 amide bonds. The van der Waals surface area contributed by atoms with Crippen LogP contribution in [0.1, 0.15) is 36.0 Å². The molecule has 1 aliphatic carbocycles. The fourth-order valence-electron chi connectivity index (χ4n) is 3.53. The maximum absolute atomic E-state index is 12.6. The lowest BCUT2D eigenvalue weighted by atomic mass is 10.2. The number of rotatable bonds is 5. The van der Waals surface area contributed by atoms with Gasteiger partial charge in [0.15, 0.2) is 11.5 Å². The number of benzene rings is 1. The second-order valence-electron chi connectivity index (χ2n) is 7.10. The molecular weight excluding hydrogens is 376 g/mol. The summed E-state index contributed by atoms with van der Waals surface area (Å²) in [6.07, 6.45) is 6.46. The Kier molecular flexibility index (Phi) is 5.46. The van der Waals surface area contributed by atoms with Crippen LogP contribution in [0.15, 0.2) is 35.5 Å². The predicted molar refractivity (Wildman–Crippen MR) is 104 cm³/mol. The molecule has 2 N–H and O–H groups in total. The number of hydrogen-bond donors (Lipinski definition) is 2. The van der Waals surface area contributed by atoms with Gasteiger partial charge < -0.3 is 20.1 Å². The fourth-order valence-corrected chi connectivity index (χ4v) is 3.53. The predicted octanol–water partition coefficient (Wildman–Crippen LogP) is 1.33. The molecule has 0 atom stereocenters. The number of carbonyl (C=O) groups excluding carboxylic acids is 2. The minimum absolute atomic E-state index is 0.0634. The zero-order valence-electron chi connectivity index (χ0n) is 15.8. The molecule has 1 aliphatic heterocycles. The zero-order valence-corrected chi connectivity index (χ0v) is 15.8. The van der Waals surface area contributed by atoms with Crippen molar-refractivity contribution in [2.24, 2.45) is 0 Å². The summed E-state index contributed by atoms with van der Waals surface area (Å²) in [6, 6.07) is 5.16. The Morgan fingerprint density at radius 3 is 2.69 bits per heavy atom. The number of carbonyl (C=O) groups is 2. The molecule has 0 radical (unpaired) electrons. The number of hydrogen-bond acceptors (Lipinski definition) is 6. The summed E-state index contributed by atoms with van der Waals surface area (Å²) in [5.74, 6) is 0.309. The molecule has 29 heavy (non-hydrogen) atoms. The number of amides is 2. The number of nitrogens with zero attached hydrogens (tertiary/aromatic N) is 2. The van der Waals surface area contributed by atoms with E-state index in [1.165, 1.54) is 12.5 Å². The van der Waals surface area contributed by atoms with Crippen LogP contribution in [0.5, 0.6) is 11.5 Å². The van der Waals surface area contributed by atoms with Crippen molar-refractivity contribution in [1.29, 1.82) is 0 Å². The number of anilines is 1. The standard InChI is InChI=1S/C20H22N4O5/c25-18(22-14-5-6-16-17(9-14)29-8-7-28-16)11-24-12-21-10-15(20(24)27)19(26)23-13-3-1-2-4-13/h5-6,9-10,12-13H,1-4,7-8,11H2,(H,22,25)(H,23,26). The lowest BCUT2D eigenvalue weighted by molar-refractivity contribution is -0.116. The Labute approximate surface area is 167 Å². The van der Waals surface area contributed by atoms with Gasteiger partial charge in [-0.1, -0.05) is 12.8 Å². The van der Waals surface area contributed by atoms with Crippen molar-refractivity contribution in [3.8, 4) is 11.5 Å². The Bertz CT molecular complexity index is 981. The van der Waals surface area contributed by atoms with Crippen molar-refractivity contribution in [2.75, 3.05) is 18.5 Å². The molecule has 1 saturated carbocycles. The molecule has 0 spiro atoms. The van der Waals surface area contributed by atoms with Crippen molar-refractivity contribution in [1.82, 2.24) is 14.9 Å². The van der Waals surface area contributed by atoms with Crippen LogP contribution in [0.25, 0.3) is 0 Å². The van der Waals surface area contributed by atoms with Crippen LogP contribution >= 0.6 is 0 Å². The van der Waals surface area contributed by atoms with Gasteiger partial charge in [0.05, 0.1) is 6.33 Å². The van der Waals surface area contributed by atoms with E-state index < -0.39 is 17.4 Å². The second kappa shape index (κ2) is 8.34. The van der Waals surface area contributed by atoms with Gasteiger partial charge in [-0.2, -0.15) is 0 Å². The quantitative estimate of drug-likeness (QED) is 0.786. The first-order chi connectivity index (χ1) is 14.1. The van der Waals surface area contributed by atoms with E-state index in [2.05, 4.69) is 15.6 Å². The van der Waals surface area contributed by atoms with E-state index in [4.69, 9.17) is 9.47 Å². The molecule has 1 aromatic heterocycles. The molecule has 2 heterocycles. The topological polar surface area (TPSA) is 112 Å². The molecule has 2 aliphatic rings. The Balaban J connectivity index is 1.43. The van der Waals surface area contributed by atoms with Gasteiger partial charge in [-0.05, 0) is 25.0 Å². The molecule has 0 bridgehead atoms. The van der Waals surface area contributed by atoms with Gasteiger partial charge in [0.2, 0.25) is 5.91 Å². The highest BCUT2D eigenvalue weighted by Crippen LogP contribution is 2.32. The Morgan fingerprint density at radius 2 is 1.90 bits per heavy atom. The van der Waals surface area contributed by atoms with E-state index in [-0.39, 0.29) is 18.2 Å². The third-order valence-corrected chi connectivity index (χ3v) is 4.98. The van der Waals surface area contributed by atoms with E-state index in [9.17, 15) is 14.4 Å². The lowest BCUT2D eigenvalue weighted by Gasteiger charge is -2.19. The molecule has 9 nitrogen and oxygen atoms in total. The van der Waals surface area contributed by atoms with E-state index in [0.717, 1.165) is 30.3 Å². The summed E-state index contributed by atoms with van der Waals surface area (Å²) in [4.78, 5) is 41.3.